The van der Waals surface area contributed by atoms with Gasteiger partial charge in [-0.15, -0.1) is 5.10 Å². The number of hydrogen-bond donors (Lipinski definition) is 2. The Labute approximate surface area is 264 Å². The van der Waals surface area contributed by atoms with E-state index in [2.05, 4.69) is 25.9 Å². The van der Waals surface area contributed by atoms with Gasteiger partial charge in [0.2, 0.25) is 5.91 Å². The quantitative estimate of drug-likeness (QED) is 0.264. The summed E-state index contributed by atoms with van der Waals surface area (Å²) in [4.78, 5) is 43.0. The van der Waals surface area contributed by atoms with Gasteiger partial charge in [-0.3, -0.25) is 19.0 Å². The largest absolute Gasteiger partial charge is 0.469 e. The fourth-order valence-corrected chi connectivity index (χ4v) is 5.66. The molecule has 44 heavy (non-hydrogen) atoms. The maximum atomic E-state index is 13.7. The third kappa shape index (κ3) is 7.64. The van der Waals surface area contributed by atoms with E-state index in [-0.39, 0.29) is 35.1 Å². The second kappa shape index (κ2) is 14.5. The van der Waals surface area contributed by atoms with Crippen LogP contribution < -0.4 is 16.2 Å². The Bertz CT molecular complexity index is 1690. The van der Waals surface area contributed by atoms with Crippen LogP contribution in [-0.2, 0) is 14.3 Å². The Morgan fingerprint density at radius 2 is 1.95 bits per heavy atom. The van der Waals surface area contributed by atoms with Gasteiger partial charge in [0.1, 0.15) is 6.04 Å². The molecule has 0 radical (unpaired) electrons. The van der Waals surface area contributed by atoms with E-state index in [1.807, 2.05) is 24.3 Å². The van der Waals surface area contributed by atoms with Crippen LogP contribution in [0.3, 0.4) is 0 Å². The lowest BCUT2D eigenvalue weighted by molar-refractivity contribution is -0.140. The molecule has 0 spiro atoms. The van der Waals surface area contributed by atoms with E-state index in [1.54, 1.807) is 35.3 Å². The summed E-state index contributed by atoms with van der Waals surface area (Å²) in [5.74, 6) is -0.417. The summed E-state index contributed by atoms with van der Waals surface area (Å²) in [7, 11) is 1.35. The van der Waals surface area contributed by atoms with Crippen molar-refractivity contribution in [1.29, 1.82) is 0 Å². The van der Waals surface area contributed by atoms with Gasteiger partial charge in [0, 0.05) is 35.3 Å². The summed E-state index contributed by atoms with van der Waals surface area (Å²) in [5.41, 5.74) is 3.12. The number of anilines is 1. The third-order valence-corrected chi connectivity index (χ3v) is 8.01. The van der Waals surface area contributed by atoms with E-state index in [0.717, 1.165) is 30.5 Å². The second-order valence-corrected chi connectivity index (χ2v) is 11.4. The number of nitrogens with one attached hydrogen (secondary N) is 2. The maximum Gasteiger partial charge on any atom is 0.305 e. The summed E-state index contributed by atoms with van der Waals surface area (Å²) in [5, 5.41) is 15.0. The van der Waals surface area contributed by atoms with Crippen LogP contribution in [0.5, 0.6) is 0 Å². The second-order valence-electron chi connectivity index (χ2n) is 10.6. The minimum atomic E-state index is -0.524. The molecule has 0 unspecified atom stereocenters. The van der Waals surface area contributed by atoms with E-state index in [0.29, 0.717) is 47.8 Å². The first kappa shape index (κ1) is 31.2. The highest BCUT2D eigenvalue weighted by Crippen LogP contribution is 2.30. The molecule has 5 rings (SSSR count). The Morgan fingerprint density at radius 3 is 2.73 bits per heavy atom. The molecule has 2 aromatic carbocycles. The zero-order valence-electron chi connectivity index (χ0n) is 24.2. The SMILES string of the molecule is COC(=O)CCC[C@@H]1Nc2cccc(c2)[C@@H](n2cnc(-c3cc(Cl)ccc3-n3cc(Cl)nn3)cc2=O)CCCCCNC1=O. The fourth-order valence-electron chi connectivity index (χ4n) is 5.36. The number of nitrogens with zero attached hydrogens (tertiary/aromatic N) is 5. The topological polar surface area (TPSA) is 133 Å². The molecule has 1 aliphatic heterocycles. The van der Waals surface area contributed by atoms with Crippen molar-refractivity contribution < 1.29 is 14.3 Å². The Balaban J connectivity index is 1.46. The fraction of sp³-hybridized carbons (Fsp3) is 0.355. The Kier molecular flexibility index (Phi) is 10.3. The van der Waals surface area contributed by atoms with E-state index < -0.39 is 6.04 Å². The molecule has 230 valence electrons. The van der Waals surface area contributed by atoms with Crippen molar-refractivity contribution in [2.75, 3.05) is 19.0 Å². The highest BCUT2D eigenvalue weighted by Gasteiger charge is 2.22. The highest BCUT2D eigenvalue weighted by atomic mass is 35.5. The van der Waals surface area contributed by atoms with Crippen molar-refractivity contribution in [2.24, 2.45) is 0 Å². The van der Waals surface area contributed by atoms with Crippen LogP contribution in [0.15, 0.2) is 65.8 Å². The molecule has 2 aromatic heterocycles. The molecule has 13 heteroatoms. The molecule has 0 saturated carbocycles. The van der Waals surface area contributed by atoms with E-state index in [9.17, 15) is 14.4 Å². The van der Waals surface area contributed by atoms with Crippen LogP contribution in [0.25, 0.3) is 16.9 Å². The number of benzene rings is 2. The van der Waals surface area contributed by atoms with Gasteiger partial charge in [-0.2, -0.15) is 0 Å². The molecule has 1 amide bonds. The number of rotatable bonds is 7. The van der Waals surface area contributed by atoms with Gasteiger partial charge in [0.05, 0.1) is 37.1 Å². The monoisotopic (exact) mass is 637 g/mol. The zero-order valence-corrected chi connectivity index (χ0v) is 25.7. The van der Waals surface area contributed by atoms with Crippen molar-refractivity contribution in [3.63, 3.8) is 0 Å². The van der Waals surface area contributed by atoms with Crippen molar-refractivity contribution in [3.8, 4) is 16.9 Å². The van der Waals surface area contributed by atoms with Crippen LogP contribution in [0.2, 0.25) is 10.2 Å². The van der Waals surface area contributed by atoms with Crippen molar-refractivity contribution in [1.82, 2.24) is 29.9 Å². The van der Waals surface area contributed by atoms with Gasteiger partial charge in [0.25, 0.3) is 5.56 Å². The number of carbonyl (C=O) groups is 2. The van der Waals surface area contributed by atoms with E-state index in [1.165, 1.54) is 17.9 Å². The van der Waals surface area contributed by atoms with Gasteiger partial charge in [-0.1, -0.05) is 53.4 Å². The first-order chi connectivity index (χ1) is 21.3. The summed E-state index contributed by atoms with van der Waals surface area (Å²) in [6.45, 7) is 0.547. The number of methoxy groups -OCH3 is 1. The average molecular weight is 639 g/mol. The first-order valence-electron chi connectivity index (χ1n) is 14.5. The lowest BCUT2D eigenvalue weighted by atomic mass is 9.99. The number of halogens is 2. The normalized spacial score (nSPS) is 17.4. The molecule has 2 atom stereocenters. The van der Waals surface area contributed by atoms with E-state index >= 15 is 0 Å². The van der Waals surface area contributed by atoms with E-state index in [4.69, 9.17) is 27.9 Å². The number of ether oxygens (including phenoxy) is 1. The molecule has 11 nitrogen and oxygen atoms in total. The number of hydrogen-bond acceptors (Lipinski definition) is 8. The summed E-state index contributed by atoms with van der Waals surface area (Å²) < 4.78 is 7.91. The molecule has 1 aliphatic rings. The van der Waals surface area contributed by atoms with Crippen LogP contribution in [-0.4, -0.2) is 56.1 Å². The van der Waals surface area contributed by atoms with Crippen molar-refractivity contribution in [3.05, 3.63) is 87.1 Å². The van der Waals surface area contributed by atoms with Gasteiger partial charge in [-0.05, 0) is 61.6 Å². The average Bonchev–Trinajstić information content (AvgIpc) is 3.46. The van der Waals surface area contributed by atoms with Gasteiger partial charge in [-0.25, -0.2) is 9.67 Å². The molecule has 0 saturated heterocycles. The van der Waals surface area contributed by atoms with Gasteiger partial charge in [0.15, 0.2) is 5.15 Å². The molecule has 3 heterocycles. The first-order valence-corrected chi connectivity index (χ1v) is 15.3. The summed E-state index contributed by atoms with van der Waals surface area (Å²) >= 11 is 12.3. The number of carbonyl (C=O) groups excluding carboxylic acids is 2. The molecular weight excluding hydrogens is 605 g/mol. The lowest BCUT2D eigenvalue weighted by Gasteiger charge is -2.22. The molecule has 2 N–H and O–H groups in total. The molecule has 4 aromatic rings. The number of fused-ring (bicyclic) bond motifs is 2. The van der Waals surface area contributed by atoms with Crippen LogP contribution in [0, 0.1) is 0 Å². The van der Waals surface area contributed by atoms with Crippen LogP contribution in [0.1, 0.15) is 56.6 Å². The smallest absolute Gasteiger partial charge is 0.305 e. The minimum Gasteiger partial charge on any atom is -0.469 e. The Hall–Kier alpha value is -4.22. The number of amides is 1. The lowest BCUT2D eigenvalue weighted by Crippen LogP contribution is -2.40. The minimum absolute atomic E-state index is 0.111. The predicted octanol–water partition coefficient (Wildman–Crippen LogP) is 5.20. The summed E-state index contributed by atoms with van der Waals surface area (Å²) in [6, 6.07) is 13.7. The standard InChI is InChI=1S/C31H33Cl2N7O4/c1-44-30(42)11-6-9-24-31(43)34-14-4-2-3-10-26(20-7-5-8-22(15-20)36-24)39-19-35-25(17-29(39)41)23-16-21(32)12-13-27(23)40-18-28(33)37-38-40/h5,7-8,12-13,15-19,24,26,36H,2-4,6,9-11,14H2,1H3,(H,34,43)/t24-,26-/m0/s1. The van der Waals surface area contributed by atoms with Crippen molar-refractivity contribution in [2.45, 2.75) is 57.0 Å². The number of esters is 1. The highest BCUT2D eigenvalue weighted by molar-refractivity contribution is 6.31. The van der Waals surface area contributed by atoms with Crippen LogP contribution >= 0.6 is 23.2 Å². The molecular formula is C31H33Cl2N7O4. The van der Waals surface area contributed by atoms with Gasteiger partial charge >= 0.3 is 5.97 Å². The third-order valence-electron chi connectivity index (χ3n) is 7.60. The molecule has 0 aliphatic carbocycles. The number of aromatic nitrogens is 5. The van der Waals surface area contributed by atoms with Crippen molar-refractivity contribution >= 4 is 40.8 Å². The maximum absolute atomic E-state index is 13.7. The van der Waals surface area contributed by atoms with Gasteiger partial charge < -0.3 is 15.4 Å². The zero-order chi connectivity index (χ0) is 31.1. The summed E-state index contributed by atoms with van der Waals surface area (Å²) in [6.07, 6.45) is 7.58. The van der Waals surface area contributed by atoms with Crippen LogP contribution in [0.4, 0.5) is 5.69 Å². The molecule has 0 fully saturated rings. The predicted molar refractivity (Wildman–Crippen MR) is 168 cm³/mol. The molecule has 2 bridgehead atoms. The Morgan fingerprint density at radius 1 is 1.09 bits per heavy atom.